The van der Waals surface area contributed by atoms with Crippen LogP contribution in [0.25, 0.3) is 6.08 Å². The monoisotopic (exact) mass is 252 g/mol. The predicted molar refractivity (Wildman–Crippen MR) is 71.9 cm³/mol. The molecule has 0 aromatic heterocycles. The first-order chi connectivity index (χ1) is 8.19. The molecule has 1 rings (SSSR count). The van der Waals surface area contributed by atoms with Crippen LogP contribution >= 0.6 is 11.6 Å². The number of rotatable bonds is 4. The predicted octanol–water partition coefficient (Wildman–Crippen LogP) is 3.36. The summed E-state index contributed by atoms with van der Waals surface area (Å²) in [5.74, 6) is 0. The van der Waals surface area contributed by atoms with Crippen LogP contribution in [0.5, 0.6) is 0 Å². The van der Waals surface area contributed by atoms with E-state index in [1.165, 1.54) is 0 Å². The quantitative estimate of drug-likeness (QED) is 0.876. The van der Waals surface area contributed by atoms with Crippen molar-refractivity contribution in [3.8, 4) is 0 Å². The fraction of sp³-hybridized carbons (Fsp3) is 0.308. The van der Waals surface area contributed by atoms with Crippen LogP contribution in [0.2, 0.25) is 5.02 Å². The van der Waals surface area contributed by atoms with E-state index in [4.69, 9.17) is 11.6 Å². The third-order valence-electron chi connectivity index (χ3n) is 2.43. The SMILES string of the molecule is CCN(CC)C(=O)N/C=C/c1ccccc1Cl. The highest BCUT2D eigenvalue weighted by molar-refractivity contribution is 6.32. The molecule has 0 unspecified atom stereocenters. The minimum absolute atomic E-state index is 0.0988. The van der Waals surface area contributed by atoms with E-state index in [0.717, 1.165) is 5.56 Å². The maximum absolute atomic E-state index is 11.6. The van der Waals surface area contributed by atoms with Crippen LogP contribution < -0.4 is 5.32 Å². The Labute approximate surface area is 107 Å². The average molecular weight is 253 g/mol. The fourth-order valence-electron chi connectivity index (χ4n) is 1.42. The van der Waals surface area contributed by atoms with Gasteiger partial charge in [0, 0.05) is 24.3 Å². The van der Waals surface area contributed by atoms with Gasteiger partial charge >= 0.3 is 6.03 Å². The van der Waals surface area contributed by atoms with E-state index in [1.54, 1.807) is 17.2 Å². The Kier molecular flexibility index (Phi) is 5.57. The van der Waals surface area contributed by atoms with Gasteiger partial charge in [-0.15, -0.1) is 0 Å². The summed E-state index contributed by atoms with van der Waals surface area (Å²) in [5, 5.41) is 3.38. The summed E-state index contributed by atoms with van der Waals surface area (Å²) < 4.78 is 0. The lowest BCUT2D eigenvalue weighted by Gasteiger charge is -2.17. The van der Waals surface area contributed by atoms with Gasteiger partial charge in [-0.25, -0.2) is 4.79 Å². The Morgan fingerprint density at radius 3 is 2.59 bits per heavy atom. The van der Waals surface area contributed by atoms with Crippen molar-refractivity contribution in [2.45, 2.75) is 13.8 Å². The Hall–Kier alpha value is -1.48. The van der Waals surface area contributed by atoms with E-state index < -0.39 is 0 Å². The Morgan fingerprint density at radius 2 is 2.00 bits per heavy atom. The molecular formula is C13H17ClN2O. The van der Waals surface area contributed by atoms with E-state index in [2.05, 4.69) is 5.32 Å². The first kappa shape index (κ1) is 13.6. The van der Waals surface area contributed by atoms with Gasteiger partial charge in [0.15, 0.2) is 0 Å². The number of carbonyl (C=O) groups excluding carboxylic acids is 1. The first-order valence-corrected chi connectivity index (χ1v) is 6.03. The number of amides is 2. The number of nitrogens with zero attached hydrogens (tertiary/aromatic N) is 1. The molecule has 1 N–H and O–H groups in total. The van der Waals surface area contributed by atoms with Crippen molar-refractivity contribution in [1.29, 1.82) is 0 Å². The van der Waals surface area contributed by atoms with Gasteiger partial charge in [-0.1, -0.05) is 29.8 Å². The van der Waals surface area contributed by atoms with Crippen LogP contribution in [0, 0.1) is 0 Å². The summed E-state index contributed by atoms with van der Waals surface area (Å²) in [6, 6.07) is 7.38. The van der Waals surface area contributed by atoms with Gasteiger partial charge in [-0.2, -0.15) is 0 Å². The van der Waals surface area contributed by atoms with E-state index in [1.807, 2.05) is 38.1 Å². The number of halogens is 1. The minimum atomic E-state index is -0.0988. The van der Waals surface area contributed by atoms with Gasteiger partial charge in [0.05, 0.1) is 0 Å². The Morgan fingerprint density at radius 1 is 1.35 bits per heavy atom. The molecule has 0 atom stereocenters. The standard InChI is InChI=1S/C13H17ClN2O/c1-3-16(4-2)13(17)15-10-9-11-7-5-6-8-12(11)14/h5-10H,3-4H2,1-2H3,(H,15,17)/b10-9+. The van der Waals surface area contributed by atoms with Crippen molar-refractivity contribution in [3.05, 3.63) is 41.1 Å². The summed E-state index contributed by atoms with van der Waals surface area (Å²) >= 11 is 5.98. The maximum Gasteiger partial charge on any atom is 0.321 e. The summed E-state index contributed by atoms with van der Waals surface area (Å²) in [5.41, 5.74) is 0.883. The van der Waals surface area contributed by atoms with Crippen LogP contribution in [-0.2, 0) is 0 Å². The van der Waals surface area contributed by atoms with Crippen molar-refractivity contribution >= 4 is 23.7 Å². The normalized spacial score (nSPS) is 10.5. The molecule has 2 amide bonds. The molecule has 0 spiro atoms. The van der Waals surface area contributed by atoms with Crippen LogP contribution in [0.3, 0.4) is 0 Å². The number of urea groups is 1. The van der Waals surface area contributed by atoms with Crippen molar-refractivity contribution in [1.82, 2.24) is 10.2 Å². The smallest absolute Gasteiger partial charge is 0.321 e. The highest BCUT2D eigenvalue weighted by atomic mass is 35.5. The van der Waals surface area contributed by atoms with Crippen molar-refractivity contribution < 1.29 is 4.79 Å². The molecule has 0 saturated carbocycles. The number of hydrogen-bond acceptors (Lipinski definition) is 1. The highest BCUT2D eigenvalue weighted by Crippen LogP contribution is 2.15. The van der Waals surface area contributed by atoms with Gasteiger partial charge < -0.3 is 10.2 Å². The molecule has 92 valence electrons. The van der Waals surface area contributed by atoms with Gasteiger partial charge in [-0.05, 0) is 31.6 Å². The molecule has 0 fully saturated rings. The molecule has 0 aliphatic heterocycles. The second kappa shape index (κ2) is 6.97. The number of nitrogens with one attached hydrogen (secondary N) is 1. The highest BCUT2D eigenvalue weighted by Gasteiger charge is 2.05. The fourth-order valence-corrected chi connectivity index (χ4v) is 1.61. The summed E-state index contributed by atoms with van der Waals surface area (Å²) in [7, 11) is 0. The molecule has 0 aliphatic rings. The lowest BCUT2D eigenvalue weighted by molar-refractivity contribution is 0.207. The summed E-state index contributed by atoms with van der Waals surface area (Å²) in [6.07, 6.45) is 3.39. The molecule has 4 heteroatoms. The Bertz CT molecular complexity index is 400. The van der Waals surface area contributed by atoms with Crippen LogP contribution in [0.15, 0.2) is 30.5 Å². The molecule has 0 aliphatic carbocycles. The van der Waals surface area contributed by atoms with Crippen LogP contribution in [-0.4, -0.2) is 24.0 Å². The molecule has 0 heterocycles. The van der Waals surface area contributed by atoms with Crippen molar-refractivity contribution in [2.75, 3.05) is 13.1 Å². The third-order valence-corrected chi connectivity index (χ3v) is 2.77. The number of carbonyl (C=O) groups is 1. The van der Waals surface area contributed by atoms with Gasteiger partial charge in [-0.3, -0.25) is 0 Å². The third kappa shape index (κ3) is 4.11. The van der Waals surface area contributed by atoms with Crippen molar-refractivity contribution in [2.24, 2.45) is 0 Å². The maximum atomic E-state index is 11.6. The zero-order valence-corrected chi connectivity index (χ0v) is 10.9. The van der Waals surface area contributed by atoms with E-state index >= 15 is 0 Å². The zero-order chi connectivity index (χ0) is 12.7. The first-order valence-electron chi connectivity index (χ1n) is 5.65. The molecule has 0 saturated heterocycles. The van der Waals surface area contributed by atoms with Crippen molar-refractivity contribution in [3.63, 3.8) is 0 Å². The van der Waals surface area contributed by atoms with Crippen LogP contribution in [0.1, 0.15) is 19.4 Å². The number of hydrogen-bond donors (Lipinski definition) is 1. The topological polar surface area (TPSA) is 32.3 Å². The average Bonchev–Trinajstić information content (AvgIpc) is 2.33. The molecule has 0 radical (unpaired) electrons. The molecule has 1 aromatic carbocycles. The summed E-state index contributed by atoms with van der Waals surface area (Å²) in [6.45, 7) is 5.28. The second-order valence-electron chi connectivity index (χ2n) is 3.48. The van der Waals surface area contributed by atoms with Gasteiger partial charge in [0.25, 0.3) is 0 Å². The molecule has 3 nitrogen and oxygen atoms in total. The largest absolute Gasteiger partial charge is 0.325 e. The molecule has 1 aromatic rings. The lowest BCUT2D eigenvalue weighted by atomic mass is 10.2. The molecular weight excluding hydrogens is 236 g/mol. The second-order valence-corrected chi connectivity index (χ2v) is 3.88. The zero-order valence-electron chi connectivity index (χ0n) is 10.1. The number of benzene rings is 1. The van der Waals surface area contributed by atoms with Crippen LogP contribution in [0.4, 0.5) is 4.79 Å². The molecule has 17 heavy (non-hydrogen) atoms. The summed E-state index contributed by atoms with van der Waals surface area (Å²) in [4.78, 5) is 13.3. The van der Waals surface area contributed by atoms with E-state index in [-0.39, 0.29) is 6.03 Å². The molecule has 0 bridgehead atoms. The van der Waals surface area contributed by atoms with Gasteiger partial charge in [0.2, 0.25) is 0 Å². The van der Waals surface area contributed by atoms with E-state index in [9.17, 15) is 4.79 Å². The Balaban J connectivity index is 2.56. The van der Waals surface area contributed by atoms with Gasteiger partial charge in [0.1, 0.15) is 0 Å². The minimum Gasteiger partial charge on any atom is -0.325 e. The lowest BCUT2D eigenvalue weighted by Crippen LogP contribution is -2.37. The van der Waals surface area contributed by atoms with E-state index in [0.29, 0.717) is 18.1 Å².